The highest BCUT2D eigenvalue weighted by Crippen LogP contribution is 2.25. The van der Waals surface area contributed by atoms with Gasteiger partial charge in [0.25, 0.3) is 0 Å². The fraction of sp³-hybridized carbons (Fsp3) is 0.556. The minimum absolute atomic E-state index is 0.00901. The van der Waals surface area contributed by atoms with Gasteiger partial charge in [0.15, 0.2) is 0 Å². The third kappa shape index (κ3) is 5.14. The van der Waals surface area contributed by atoms with Gasteiger partial charge in [-0.3, -0.25) is 10.1 Å². The topological polar surface area (TPSA) is 55.2 Å². The molecular formula is C9H11F3N2O2S. The maximum atomic E-state index is 12.0. The molecule has 1 unspecified atom stereocenters. The minimum Gasteiger partial charge on any atom is -0.309 e. The Morgan fingerprint density at radius 3 is 2.65 bits per heavy atom. The van der Waals surface area contributed by atoms with E-state index in [0.717, 1.165) is 11.3 Å². The summed E-state index contributed by atoms with van der Waals surface area (Å²) in [6, 6.07) is 2.17. The van der Waals surface area contributed by atoms with Crippen LogP contribution in [0, 0.1) is 10.1 Å². The average molecular weight is 268 g/mol. The van der Waals surface area contributed by atoms with Crippen molar-refractivity contribution < 1.29 is 18.1 Å². The molecule has 8 heteroatoms. The predicted octanol–water partition coefficient (Wildman–Crippen LogP) is 3.09. The lowest BCUT2D eigenvalue weighted by Gasteiger charge is -2.14. The number of nitro groups is 1. The molecule has 96 valence electrons. The zero-order valence-electron chi connectivity index (χ0n) is 8.95. The second-order valence-corrected chi connectivity index (χ2v) is 4.75. The lowest BCUT2D eigenvalue weighted by Crippen LogP contribution is -2.30. The Bertz CT molecular complexity index is 392. The number of nitrogens with zero attached hydrogens (tertiary/aromatic N) is 1. The molecule has 0 saturated heterocycles. The molecule has 0 aliphatic carbocycles. The van der Waals surface area contributed by atoms with E-state index in [0.29, 0.717) is 4.88 Å². The standard InChI is InChI=1S/C9H11F3N2O2S/c1-6(4-9(10,11)12)13-5-7-2-3-8(17-7)14(15)16/h2-3,6,13H,4-5H2,1H3. The van der Waals surface area contributed by atoms with Crippen LogP contribution < -0.4 is 5.32 Å². The van der Waals surface area contributed by atoms with Gasteiger partial charge in [0.05, 0.1) is 11.3 Å². The SMILES string of the molecule is CC(CC(F)(F)F)NCc1ccc([N+](=O)[O-])s1. The van der Waals surface area contributed by atoms with Crippen molar-refractivity contribution in [3.8, 4) is 0 Å². The van der Waals surface area contributed by atoms with E-state index in [9.17, 15) is 23.3 Å². The van der Waals surface area contributed by atoms with E-state index in [-0.39, 0.29) is 11.5 Å². The van der Waals surface area contributed by atoms with Crippen molar-refractivity contribution in [1.29, 1.82) is 0 Å². The Hall–Kier alpha value is -1.15. The summed E-state index contributed by atoms with van der Waals surface area (Å²) in [5, 5.41) is 13.1. The zero-order valence-corrected chi connectivity index (χ0v) is 9.77. The lowest BCUT2D eigenvalue weighted by atomic mass is 10.2. The van der Waals surface area contributed by atoms with Gasteiger partial charge in [-0.05, 0) is 13.0 Å². The third-order valence-corrected chi connectivity index (χ3v) is 3.03. The summed E-state index contributed by atoms with van der Waals surface area (Å²) in [5.74, 6) is 0. The van der Waals surface area contributed by atoms with Gasteiger partial charge in [-0.1, -0.05) is 11.3 Å². The molecule has 1 aromatic heterocycles. The van der Waals surface area contributed by atoms with Crippen molar-refractivity contribution >= 4 is 16.3 Å². The van der Waals surface area contributed by atoms with E-state index in [4.69, 9.17) is 0 Å². The van der Waals surface area contributed by atoms with Gasteiger partial charge >= 0.3 is 11.2 Å². The van der Waals surface area contributed by atoms with Gasteiger partial charge in [-0.15, -0.1) is 0 Å². The average Bonchev–Trinajstić information content (AvgIpc) is 2.60. The number of thiophene rings is 1. The van der Waals surface area contributed by atoms with Crippen molar-refractivity contribution in [2.24, 2.45) is 0 Å². The maximum Gasteiger partial charge on any atom is 0.390 e. The molecule has 1 N–H and O–H groups in total. The minimum atomic E-state index is -4.20. The van der Waals surface area contributed by atoms with Gasteiger partial charge in [-0.25, -0.2) is 0 Å². The molecule has 0 aliphatic heterocycles. The van der Waals surface area contributed by atoms with Crippen molar-refractivity contribution in [1.82, 2.24) is 5.32 Å². The molecule has 0 radical (unpaired) electrons. The maximum absolute atomic E-state index is 12.0. The molecule has 4 nitrogen and oxygen atoms in total. The van der Waals surface area contributed by atoms with Crippen LogP contribution in [-0.2, 0) is 6.54 Å². The van der Waals surface area contributed by atoms with Crippen molar-refractivity contribution in [2.75, 3.05) is 0 Å². The first kappa shape index (κ1) is 13.9. The Balaban J connectivity index is 2.42. The zero-order chi connectivity index (χ0) is 13.1. The molecule has 0 aromatic carbocycles. The van der Waals surface area contributed by atoms with Crippen LogP contribution in [0.1, 0.15) is 18.2 Å². The second-order valence-electron chi connectivity index (χ2n) is 3.60. The molecule has 0 fully saturated rings. The molecule has 0 saturated carbocycles. The second kappa shape index (κ2) is 5.46. The van der Waals surface area contributed by atoms with Crippen LogP contribution in [0.3, 0.4) is 0 Å². The number of halogens is 3. The van der Waals surface area contributed by atoms with Gasteiger partial charge < -0.3 is 5.32 Å². The first-order valence-electron chi connectivity index (χ1n) is 4.81. The highest BCUT2D eigenvalue weighted by Gasteiger charge is 2.29. The predicted molar refractivity (Wildman–Crippen MR) is 57.9 cm³/mol. The highest BCUT2D eigenvalue weighted by atomic mass is 32.1. The first-order chi connectivity index (χ1) is 7.78. The van der Waals surface area contributed by atoms with E-state index in [1.54, 1.807) is 0 Å². The normalized spacial score (nSPS) is 13.6. The van der Waals surface area contributed by atoms with Crippen molar-refractivity contribution in [3.05, 3.63) is 27.1 Å². The summed E-state index contributed by atoms with van der Waals surface area (Å²) >= 11 is 0.958. The summed E-state index contributed by atoms with van der Waals surface area (Å²) in [4.78, 5) is 10.5. The summed E-state index contributed by atoms with van der Waals surface area (Å²) in [7, 11) is 0. The van der Waals surface area contributed by atoms with Crippen LogP contribution in [0.15, 0.2) is 12.1 Å². The molecule has 1 aromatic rings. The Morgan fingerprint density at radius 1 is 1.53 bits per heavy atom. The quantitative estimate of drug-likeness (QED) is 0.659. The molecular weight excluding hydrogens is 257 g/mol. The van der Waals surface area contributed by atoms with Gasteiger partial charge in [-0.2, -0.15) is 13.2 Å². The Morgan fingerprint density at radius 2 is 2.18 bits per heavy atom. The van der Waals surface area contributed by atoms with E-state index >= 15 is 0 Å². The Kier molecular flexibility index (Phi) is 4.47. The lowest BCUT2D eigenvalue weighted by molar-refractivity contribution is -0.380. The van der Waals surface area contributed by atoms with Crippen LogP contribution >= 0.6 is 11.3 Å². The highest BCUT2D eigenvalue weighted by molar-refractivity contribution is 7.15. The van der Waals surface area contributed by atoms with Crippen molar-refractivity contribution in [2.45, 2.75) is 32.1 Å². The first-order valence-corrected chi connectivity index (χ1v) is 5.63. The fourth-order valence-corrected chi connectivity index (χ4v) is 2.02. The number of alkyl halides is 3. The van der Waals surface area contributed by atoms with Crippen molar-refractivity contribution in [3.63, 3.8) is 0 Å². The summed E-state index contributed by atoms with van der Waals surface area (Å²) in [5.41, 5.74) is 0. The van der Waals surface area contributed by atoms with Crippen LogP contribution in [-0.4, -0.2) is 17.1 Å². The van der Waals surface area contributed by atoms with Gasteiger partial charge in [0, 0.05) is 23.5 Å². The summed E-state index contributed by atoms with van der Waals surface area (Å²) < 4.78 is 36.0. The molecule has 0 spiro atoms. The van der Waals surface area contributed by atoms with Crippen LogP contribution in [0.25, 0.3) is 0 Å². The third-order valence-electron chi connectivity index (χ3n) is 1.99. The van der Waals surface area contributed by atoms with E-state index < -0.39 is 23.6 Å². The van der Waals surface area contributed by atoms with Gasteiger partial charge in [0.1, 0.15) is 0 Å². The summed E-state index contributed by atoms with van der Waals surface area (Å²) in [6.07, 6.45) is -5.12. The number of rotatable bonds is 5. The Labute approximate surface area is 99.6 Å². The molecule has 1 atom stereocenters. The van der Waals surface area contributed by atoms with Crippen LogP contribution in [0.2, 0.25) is 0 Å². The molecule has 17 heavy (non-hydrogen) atoms. The monoisotopic (exact) mass is 268 g/mol. The molecule has 1 rings (SSSR count). The molecule has 0 aliphatic rings. The van der Waals surface area contributed by atoms with Crippen LogP contribution in [0.5, 0.6) is 0 Å². The van der Waals surface area contributed by atoms with Crippen LogP contribution in [0.4, 0.5) is 18.2 Å². The van der Waals surface area contributed by atoms with E-state index in [2.05, 4.69) is 5.32 Å². The molecule has 0 amide bonds. The number of nitrogens with one attached hydrogen (secondary N) is 1. The fourth-order valence-electron chi connectivity index (χ4n) is 1.25. The molecule has 0 bridgehead atoms. The molecule has 1 heterocycles. The largest absolute Gasteiger partial charge is 0.390 e. The summed E-state index contributed by atoms with van der Waals surface area (Å²) in [6.45, 7) is 1.63. The number of hydrogen-bond donors (Lipinski definition) is 1. The smallest absolute Gasteiger partial charge is 0.309 e. The van der Waals surface area contributed by atoms with E-state index in [1.807, 2.05) is 0 Å². The van der Waals surface area contributed by atoms with Gasteiger partial charge in [0.2, 0.25) is 0 Å². The number of hydrogen-bond acceptors (Lipinski definition) is 4. The van der Waals surface area contributed by atoms with E-state index in [1.165, 1.54) is 19.1 Å².